The van der Waals surface area contributed by atoms with Crippen molar-refractivity contribution >= 4 is 34.7 Å². The average Bonchev–Trinajstić information content (AvgIpc) is 2.79. The van der Waals surface area contributed by atoms with E-state index in [2.05, 4.69) is 5.32 Å². The molecular formula is C25H19ClN2O2. The zero-order chi connectivity index (χ0) is 20.9. The van der Waals surface area contributed by atoms with Crippen LogP contribution in [0.5, 0.6) is 0 Å². The van der Waals surface area contributed by atoms with Gasteiger partial charge in [-0.15, -0.1) is 0 Å². The first-order valence-corrected chi connectivity index (χ1v) is 9.97. The first-order chi connectivity index (χ1) is 14.6. The summed E-state index contributed by atoms with van der Waals surface area (Å²) in [6.45, 7) is 0. The number of rotatable bonds is 6. The van der Waals surface area contributed by atoms with E-state index in [9.17, 15) is 9.59 Å². The lowest BCUT2D eigenvalue weighted by molar-refractivity contribution is -0.109. The van der Waals surface area contributed by atoms with Gasteiger partial charge in [0.25, 0.3) is 5.91 Å². The second-order valence-electron chi connectivity index (χ2n) is 6.98. The van der Waals surface area contributed by atoms with Crippen LogP contribution in [-0.4, -0.2) is 23.2 Å². The van der Waals surface area contributed by atoms with Crippen molar-refractivity contribution in [1.29, 1.82) is 0 Å². The van der Waals surface area contributed by atoms with E-state index >= 15 is 0 Å². The van der Waals surface area contributed by atoms with Gasteiger partial charge < -0.3 is 10.1 Å². The quantitative estimate of drug-likeness (QED) is 0.447. The Labute approximate surface area is 179 Å². The first-order valence-electron chi connectivity index (χ1n) is 9.60. The summed E-state index contributed by atoms with van der Waals surface area (Å²) in [6, 6.07) is 25.5. The number of benzene rings is 3. The Morgan fingerprint density at radius 1 is 0.967 bits per heavy atom. The normalized spacial score (nSPS) is 11.8. The van der Waals surface area contributed by atoms with Gasteiger partial charge >= 0.3 is 0 Å². The van der Waals surface area contributed by atoms with Crippen LogP contribution >= 0.6 is 11.6 Å². The van der Waals surface area contributed by atoms with Crippen LogP contribution in [-0.2, 0) is 11.2 Å². The number of carbonyl (C=O) groups excluding carboxylic acids is 2. The third kappa shape index (κ3) is 4.39. The van der Waals surface area contributed by atoms with Gasteiger partial charge in [0.05, 0.1) is 22.8 Å². The minimum absolute atomic E-state index is 0.308. The van der Waals surface area contributed by atoms with Crippen molar-refractivity contribution in [2.75, 3.05) is 0 Å². The molecule has 5 heteroatoms. The Kier molecular flexibility index (Phi) is 5.87. The predicted octanol–water partition coefficient (Wildman–Crippen LogP) is 5.10. The van der Waals surface area contributed by atoms with Crippen LogP contribution in [0.2, 0.25) is 5.02 Å². The summed E-state index contributed by atoms with van der Waals surface area (Å²) < 4.78 is 0. The third-order valence-electron chi connectivity index (χ3n) is 4.88. The highest BCUT2D eigenvalue weighted by Gasteiger charge is 2.18. The molecule has 4 nitrogen and oxygen atoms in total. The molecule has 148 valence electrons. The minimum Gasteiger partial charge on any atom is -0.342 e. The molecule has 4 rings (SSSR count). The summed E-state index contributed by atoms with van der Waals surface area (Å²) in [5, 5.41) is 4.22. The molecule has 1 aromatic heterocycles. The number of pyridine rings is 1. The summed E-state index contributed by atoms with van der Waals surface area (Å²) in [5.41, 5.74) is 3.69. The fourth-order valence-corrected chi connectivity index (χ4v) is 3.51. The molecule has 0 spiro atoms. The number of halogens is 1. The van der Waals surface area contributed by atoms with Crippen LogP contribution < -0.4 is 5.32 Å². The summed E-state index contributed by atoms with van der Waals surface area (Å²) in [7, 11) is 0. The topological polar surface area (TPSA) is 59.1 Å². The molecule has 1 amide bonds. The van der Waals surface area contributed by atoms with E-state index in [1.54, 1.807) is 18.2 Å². The van der Waals surface area contributed by atoms with Crippen LogP contribution in [0.25, 0.3) is 22.2 Å². The van der Waals surface area contributed by atoms with Crippen molar-refractivity contribution in [1.82, 2.24) is 10.3 Å². The van der Waals surface area contributed by atoms with E-state index < -0.39 is 6.04 Å². The number of nitrogens with zero attached hydrogens (tertiary/aromatic N) is 1. The van der Waals surface area contributed by atoms with Gasteiger partial charge in [-0.1, -0.05) is 72.3 Å². The van der Waals surface area contributed by atoms with E-state index in [4.69, 9.17) is 16.6 Å². The van der Waals surface area contributed by atoms with Crippen LogP contribution in [0.4, 0.5) is 0 Å². The van der Waals surface area contributed by atoms with Crippen LogP contribution in [0.1, 0.15) is 15.9 Å². The molecule has 0 aliphatic carbocycles. The van der Waals surface area contributed by atoms with E-state index in [0.29, 0.717) is 28.2 Å². The maximum Gasteiger partial charge on any atom is 0.252 e. The van der Waals surface area contributed by atoms with Gasteiger partial charge in [-0.3, -0.25) is 4.79 Å². The standard InChI is InChI=1S/C25H19ClN2O2/c26-19-12-10-18(11-13-19)24-15-22(21-8-4-5-9-23(21)28-24)25(30)27-20(16-29)14-17-6-2-1-3-7-17/h1-13,15-16,20H,14H2,(H,27,30)/t20-/m0/s1. The number of aromatic nitrogens is 1. The number of carbonyl (C=O) groups is 2. The summed E-state index contributed by atoms with van der Waals surface area (Å²) >= 11 is 6.00. The minimum atomic E-state index is -0.620. The highest BCUT2D eigenvalue weighted by molar-refractivity contribution is 6.30. The van der Waals surface area contributed by atoms with Crippen molar-refractivity contribution in [3.05, 3.63) is 101 Å². The molecule has 1 heterocycles. The fourth-order valence-electron chi connectivity index (χ4n) is 3.38. The number of fused-ring (bicyclic) bond motifs is 1. The molecule has 0 bridgehead atoms. The fraction of sp³-hybridized carbons (Fsp3) is 0.0800. The molecule has 4 aromatic rings. The number of amides is 1. The molecule has 3 aromatic carbocycles. The SMILES string of the molecule is O=C[C@H](Cc1ccccc1)NC(=O)c1cc(-c2ccc(Cl)cc2)nc2ccccc12. The van der Waals surface area contributed by atoms with Crippen LogP contribution in [0, 0.1) is 0 Å². The Morgan fingerprint density at radius 3 is 2.40 bits per heavy atom. The maximum absolute atomic E-state index is 13.1. The highest BCUT2D eigenvalue weighted by atomic mass is 35.5. The average molecular weight is 415 g/mol. The van der Waals surface area contributed by atoms with Gasteiger partial charge in [0.15, 0.2) is 0 Å². The molecule has 1 N–H and O–H groups in total. The smallest absolute Gasteiger partial charge is 0.252 e. The number of hydrogen-bond donors (Lipinski definition) is 1. The van der Waals surface area contributed by atoms with Gasteiger partial charge in [-0.05, 0) is 36.2 Å². The molecule has 1 atom stereocenters. The molecule has 0 saturated carbocycles. The van der Waals surface area contributed by atoms with Crippen molar-refractivity contribution in [3.8, 4) is 11.3 Å². The Balaban J connectivity index is 1.68. The number of nitrogens with one attached hydrogen (secondary N) is 1. The van der Waals surface area contributed by atoms with E-state index in [0.717, 1.165) is 22.8 Å². The Bertz CT molecular complexity index is 1190. The van der Waals surface area contributed by atoms with Gasteiger partial charge in [-0.25, -0.2) is 4.98 Å². The van der Waals surface area contributed by atoms with Crippen molar-refractivity contribution in [2.24, 2.45) is 0 Å². The number of para-hydroxylation sites is 1. The monoisotopic (exact) mass is 414 g/mol. The largest absolute Gasteiger partial charge is 0.342 e. The molecular weight excluding hydrogens is 396 g/mol. The molecule has 0 fully saturated rings. The lowest BCUT2D eigenvalue weighted by Gasteiger charge is -2.15. The van der Waals surface area contributed by atoms with Gasteiger partial charge in [-0.2, -0.15) is 0 Å². The van der Waals surface area contributed by atoms with Crippen molar-refractivity contribution < 1.29 is 9.59 Å². The second kappa shape index (κ2) is 8.89. The number of hydrogen-bond acceptors (Lipinski definition) is 3. The highest BCUT2D eigenvalue weighted by Crippen LogP contribution is 2.26. The molecule has 0 unspecified atom stereocenters. The van der Waals surface area contributed by atoms with Gasteiger partial charge in [0, 0.05) is 16.0 Å². The molecule has 0 aliphatic rings. The van der Waals surface area contributed by atoms with Crippen molar-refractivity contribution in [2.45, 2.75) is 12.5 Å². The van der Waals surface area contributed by atoms with Crippen molar-refractivity contribution in [3.63, 3.8) is 0 Å². The number of aldehydes is 1. The van der Waals surface area contributed by atoms with E-state index in [1.165, 1.54) is 0 Å². The van der Waals surface area contributed by atoms with Gasteiger partial charge in [0.1, 0.15) is 6.29 Å². The maximum atomic E-state index is 13.1. The Hall–Kier alpha value is -3.50. The van der Waals surface area contributed by atoms with Gasteiger partial charge in [0.2, 0.25) is 0 Å². The molecule has 30 heavy (non-hydrogen) atoms. The van der Waals surface area contributed by atoms with Crippen LogP contribution in [0.3, 0.4) is 0 Å². The molecule has 0 aliphatic heterocycles. The predicted molar refractivity (Wildman–Crippen MR) is 120 cm³/mol. The van der Waals surface area contributed by atoms with E-state index in [-0.39, 0.29) is 5.91 Å². The summed E-state index contributed by atoms with van der Waals surface area (Å²) in [6.07, 6.45) is 1.21. The van der Waals surface area contributed by atoms with E-state index in [1.807, 2.05) is 66.7 Å². The molecule has 0 radical (unpaired) electrons. The second-order valence-corrected chi connectivity index (χ2v) is 7.42. The third-order valence-corrected chi connectivity index (χ3v) is 5.13. The summed E-state index contributed by atoms with van der Waals surface area (Å²) in [4.78, 5) is 29.5. The zero-order valence-corrected chi connectivity index (χ0v) is 16.8. The first kappa shape index (κ1) is 19.8. The molecule has 0 saturated heterocycles. The lowest BCUT2D eigenvalue weighted by Crippen LogP contribution is -2.37. The zero-order valence-electron chi connectivity index (χ0n) is 16.1. The lowest BCUT2D eigenvalue weighted by atomic mass is 10.0. The summed E-state index contributed by atoms with van der Waals surface area (Å²) in [5.74, 6) is -0.308. The van der Waals surface area contributed by atoms with Crippen LogP contribution in [0.15, 0.2) is 84.9 Å². The Morgan fingerprint density at radius 2 is 1.67 bits per heavy atom.